The molecule has 1 aromatic carbocycles. The maximum Gasteiger partial charge on any atom is 0.252 e. The molecule has 2 N–H and O–H groups in total. The van der Waals surface area contributed by atoms with Gasteiger partial charge in [-0.05, 0) is 24.3 Å². The van der Waals surface area contributed by atoms with Crippen molar-refractivity contribution in [2.45, 2.75) is 26.2 Å². The number of aromatic amines is 1. The molecule has 0 fully saturated rings. The molecule has 0 bridgehead atoms. The normalized spacial score (nSPS) is 10.9. The van der Waals surface area contributed by atoms with Crippen LogP contribution in [0.5, 0.6) is 0 Å². The van der Waals surface area contributed by atoms with Crippen molar-refractivity contribution in [3.8, 4) is 6.07 Å². The van der Waals surface area contributed by atoms with Gasteiger partial charge in [-0.3, -0.25) is 9.78 Å². The number of benzene rings is 1. The van der Waals surface area contributed by atoms with Crippen LogP contribution in [0, 0.1) is 11.3 Å². The van der Waals surface area contributed by atoms with E-state index in [9.17, 15) is 4.79 Å². The van der Waals surface area contributed by atoms with Crippen molar-refractivity contribution in [2.75, 3.05) is 5.32 Å². The van der Waals surface area contributed by atoms with E-state index in [2.05, 4.69) is 21.4 Å². The predicted molar refractivity (Wildman–Crippen MR) is 78.0 cm³/mol. The van der Waals surface area contributed by atoms with Gasteiger partial charge in [0.1, 0.15) is 0 Å². The van der Waals surface area contributed by atoms with Gasteiger partial charge in [0.2, 0.25) is 5.95 Å². The van der Waals surface area contributed by atoms with Gasteiger partial charge in [-0.1, -0.05) is 20.8 Å². The molecule has 1 aromatic heterocycles. The van der Waals surface area contributed by atoms with Gasteiger partial charge in [-0.15, -0.1) is 0 Å². The second-order valence-corrected chi connectivity index (χ2v) is 5.54. The highest BCUT2D eigenvalue weighted by Crippen LogP contribution is 2.20. The highest BCUT2D eigenvalue weighted by Gasteiger charge is 2.17. The van der Waals surface area contributed by atoms with Gasteiger partial charge in [0.25, 0.3) is 5.56 Å². The first-order valence-electron chi connectivity index (χ1n) is 6.27. The van der Waals surface area contributed by atoms with Crippen molar-refractivity contribution in [2.24, 2.45) is 0 Å². The Morgan fingerprint density at radius 2 is 1.90 bits per heavy atom. The van der Waals surface area contributed by atoms with E-state index in [4.69, 9.17) is 5.26 Å². The van der Waals surface area contributed by atoms with Crippen LogP contribution in [0.1, 0.15) is 32.0 Å². The standard InChI is InChI=1S/C15H16N4O/c1-15(2,3)12-8-13(20)19-14(18-12)17-11-6-4-10(9-16)5-7-11/h4-8H,1-3H3,(H2,17,18,19,20). The summed E-state index contributed by atoms with van der Waals surface area (Å²) < 4.78 is 0. The molecule has 0 spiro atoms. The number of nitrogens with zero attached hydrogens (tertiary/aromatic N) is 2. The fraction of sp³-hybridized carbons (Fsp3) is 0.267. The van der Waals surface area contributed by atoms with Crippen LogP contribution >= 0.6 is 0 Å². The zero-order valence-corrected chi connectivity index (χ0v) is 11.7. The molecule has 2 rings (SSSR count). The third-order valence-corrected chi connectivity index (χ3v) is 2.79. The van der Waals surface area contributed by atoms with Gasteiger partial charge in [0.15, 0.2) is 0 Å². The van der Waals surface area contributed by atoms with Crippen molar-refractivity contribution in [1.82, 2.24) is 9.97 Å². The molecule has 1 heterocycles. The summed E-state index contributed by atoms with van der Waals surface area (Å²) in [5.41, 5.74) is 1.67. The average Bonchev–Trinajstić information content (AvgIpc) is 2.38. The quantitative estimate of drug-likeness (QED) is 0.877. The molecule has 20 heavy (non-hydrogen) atoms. The van der Waals surface area contributed by atoms with E-state index >= 15 is 0 Å². The highest BCUT2D eigenvalue weighted by molar-refractivity contribution is 5.54. The monoisotopic (exact) mass is 268 g/mol. The minimum absolute atomic E-state index is 0.193. The van der Waals surface area contributed by atoms with Gasteiger partial charge in [0.05, 0.1) is 17.3 Å². The Balaban J connectivity index is 2.31. The molecule has 0 saturated carbocycles. The maximum absolute atomic E-state index is 11.7. The first-order chi connectivity index (χ1) is 9.38. The molecule has 0 aliphatic carbocycles. The Labute approximate surface area is 117 Å². The molecule has 5 nitrogen and oxygen atoms in total. The summed E-state index contributed by atoms with van der Waals surface area (Å²) in [5, 5.41) is 11.8. The zero-order valence-electron chi connectivity index (χ0n) is 11.7. The smallest absolute Gasteiger partial charge is 0.252 e. The van der Waals surface area contributed by atoms with Gasteiger partial charge in [-0.2, -0.15) is 5.26 Å². The Hall–Kier alpha value is -2.61. The van der Waals surface area contributed by atoms with E-state index in [1.165, 1.54) is 6.07 Å². The molecule has 102 valence electrons. The van der Waals surface area contributed by atoms with Gasteiger partial charge < -0.3 is 5.32 Å². The van der Waals surface area contributed by atoms with Crippen LogP contribution < -0.4 is 10.9 Å². The topological polar surface area (TPSA) is 81.6 Å². The zero-order chi connectivity index (χ0) is 14.8. The van der Waals surface area contributed by atoms with Crippen molar-refractivity contribution in [3.05, 3.63) is 51.9 Å². The van der Waals surface area contributed by atoms with E-state index < -0.39 is 0 Å². The average molecular weight is 268 g/mol. The van der Waals surface area contributed by atoms with Crippen LogP contribution in [0.3, 0.4) is 0 Å². The molecule has 5 heteroatoms. The fourth-order valence-electron chi connectivity index (χ4n) is 1.67. The van der Waals surface area contributed by atoms with E-state index in [-0.39, 0.29) is 11.0 Å². The molecule has 0 unspecified atom stereocenters. The number of hydrogen-bond donors (Lipinski definition) is 2. The minimum Gasteiger partial charge on any atom is -0.326 e. The summed E-state index contributed by atoms with van der Waals surface area (Å²) in [4.78, 5) is 18.7. The lowest BCUT2D eigenvalue weighted by Gasteiger charge is -2.18. The molecular weight excluding hydrogens is 252 g/mol. The van der Waals surface area contributed by atoms with Crippen LogP contribution in [-0.4, -0.2) is 9.97 Å². The molecule has 0 aliphatic heterocycles. The number of nitrogens with one attached hydrogen (secondary N) is 2. The van der Waals surface area contributed by atoms with Crippen LogP contribution in [0.15, 0.2) is 35.1 Å². The minimum atomic E-state index is -0.199. The third-order valence-electron chi connectivity index (χ3n) is 2.79. The number of hydrogen-bond acceptors (Lipinski definition) is 4. The summed E-state index contributed by atoms with van der Waals surface area (Å²) in [6.07, 6.45) is 0. The highest BCUT2D eigenvalue weighted by atomic mass is 16.1. The fourth-order valence-corrected chi connectivity index (χ4v) is 1.67. The van der Waals surface area contributed by atoms with Crippen LogP contribution in [-0.2, 0) is 5.41 Å². The summed E-state index contributed by atoms with van der Waals surface area (Å²) in [5.74, 6) is 0.395. The number of anilines is 2. The number of nitriles is 1. The van der Waals surface area contributed by atoms with Crippen LogP contribution in [0.2, 0.25) is 0 Å². The summed E-state index contributed by atoms with van der Waals surface area (Å²) in [7, 11) is 0. The van der Waals surface area contributed by atoms with E-state index in [0.29, 0.717) is 11.5 Å². The lowest BCUT2D eigenvalue weighted by atomic mass is 9.92. The van der Waals surface area contributed by atoms with Gasteiger partial charge in [-0.25, -0.2) is 4.98 Å². The molecule has 0 atom stereocenters. The number of rotatable bonds is 2. The van der Waals surface area contributed by atoms with Gasteiger partial charge >= 0.3 is 0 Å². The number of aromatic nitrogens is 2. The van der Waals surface area contributed by atoms with Crippen LogP contribution in [0.4, 0.5) is 11.6 Å². The molecule has 0 aliphatic rings. The van der Waals surface area contributed by atoms with Crippen molar-refractivity contribution in [3.63, 3.8) is 0 Å². The molecule has 0 amide bonds. The Morgan fingerprint density at radius 1 is 1.25 bits per heavy atom. The van der Waals surface area contributed by atoms with Gasteiger partial charge in [0, 0.05) is 17.2 Å². The predicted octanol–water partition coefficient (Wildman–Crippen LogP) is 2.68. The second-order valence-electron chi connectivity index (χ2n) is 5.54. The Kier molecular flexibility index (Phi) is 3.57. The van der Waals surface area contributed by atoms with E-state index in [1.54, 1.807) is 24.3 Å². The Morgan fingerprint density at radius 3 is 2.45 bits per heavy atom. The lowest BCUT2D eigenvalue weighted by molar-refractivity contribution is 0.567. The van der Waals surface area contributed by atoms with E-state index in [0.717, 1.165) is 11.4 Å². The Bertz CT molecular complexity index is 702. The second kappa shape index (κ2) is 5.17. The van der Waals surface area contributed by atoms with Crippen molar-refractivity contribution in [1.29, 1.82) is 5.26 Å². The maximum atomic E-state index is 11.7. The lowest BCUT2D eigenvalue weighted by Crippen LogP contribution is -2.20. The van der Waals surface area contributed by atoms with Crippen LogP contribution in [0.25, 0.3) is 0 Å². The summed E-state index contributed by atoms with van der Waals surface area (Å²) in [6, 6.07) is 10.5. The first-order valence-corrected chi connectivity index (χ1v) is 6.27. The van der Waals surface area contributed by atoms with Crippen molar-refractivity contribution >= 4 is 11.6 Å². The largest absolute Gasteiger partial charge is 0.326 e. The summed E-state index contributed by atoms with van der Waals surface area (Å²) >= 11 is 0. The molecule has 2 aromatic rings. The molecule has 0 radical (unpaired) electrons. The SMILES string of the molecule is CC(C)(C)c1cc(=O)[nH]c(Nc2ccc(C#N)cc2)n1. The third kappa shape index (κ3) is 3.23. The summed E-state index contributed by atoms with van der Waals surface area (Å²) in [6.45, 7) is 6.00. The van der Waals surface area contributed by atoms with E-state index in [1.807, 2.05) is 20.8 Å². The first kappa shape index (κ1) is 13.8. The molecular formula is C15H16N4O. The van der Waals surface area contributed by atoms with Crippen molar-refractivity contribution < 1.29 is 0 Å². The number of H-pyrrole nitrogens is 1. The molecule has 0 saturated heterocycles.